The third kappa shape index (κ3) is 3.28. The van der Waals surface area contributed by atoms with Crippen LogP contribution in [-0.2, 0) is 0 Å². The summed E-state index contributed by atoms with van der Waals surface area (Å²) < 4.78 is 0. The Labute approximate surface area is 165 Å². The number of hydrogen-bond acceptors (Lipinski definition) is 3. The van der Waals surface area contributed by atoms with Gasteiger partial charge in [-0.05, 0) is 67.7 Å². The molecule has 1 aromatic carbocycles. The van der Waals surface area contributed by atoms with E-state index in [9.17, 15) is 0 Å². The smallest absolute Gasteiger partial charge is 0.174 e. The first kappa shape index (κ1) is 17.5. The van der Waals surface area contributed by atoms with E-state index in [1.165, 1.54) is 0 Å². The zero-order valence-electron chi connectivity index (χ0n) is 15.7. The quantitative estimate of drug-likeness (QED) is 0.674. The molecule has 0 saturated carbocycles. The van der Waals surface area contributed by atoms with Crippen molar-refractivity contribution in [3.05, 3.63) is 77.9 Å². The van der Waals surface area contributed by atoms with Crippen molar-refractivity contribution < 1.29 is 0 Å². The van der Waals surface area contributed by atoms with Crippen LogP contribution in [0.1, 0.15) is 29.2 Å². The van der Waals surface area contributed by atoms with Gasteiger partial charge in [-0.1, -0.05) is 6.07 Å². The maximum atomic E-state index is 5.73. The monoisotopic (exact) mass is 377 g/mol. The van der Waals surface area contributed by atoms with Crippen LogP contribution in [0.5, 0.6) is 0 Å². The number of aromatic nitrogens is 2. The second-order valence-corrected chi connectivity index (χ2v) is 7.39. The number of thiocarbonyl (C=S) groups is 1. The molecule has 5 nitrogen and oxygen atoms in total. The molecule has 0 spiro atoms. The van der Waals surface area contributed by atoms with Crippen molar-refractivity contribution in [3.63, 3.8) is 0 Å². The Morgan fingerprint density at radius 2 is 1.81 bits per heavy atom. The molecule has 3 heterocycles. The summed E-state index contributed by atoms with van der Waals surface area (Å²) in [5, 5.41) is 4.19. The number of nitrogens with zero attached hydrogens (tertiary/aromatic N) is 3. The van der Waals surface area contributed by atoms with E-state index in [2.05, 4.69) is 68.4 Å². The van der Waals surface area contributed by atoms with Gasteiger partial charge in [-0.25, -0.2) is 0 Å². The second kappa shape index (κ2) is 7.04. The number of pyridine rings is 1. The highest BCUT2D eigenvalue weighted by molar-refractivity contribution is 7.80. The molecule has 2 N–H and O–H groups in total. The number of H-pyrrole nitrogens is 1. The molecule has 27 heavy (non-hydrogen) atoms. The van der Waals surface area contributed by atoms with Crippen molar-refractivity contribution in [2.45, 2.75) is 19.0 Å². The Hall–Kier alpha value is -2.86. The van der Waals surface area contributed by atoms with Gasteiger partial charge in [0.15, 0.2) is 5.11 Å². The molecule has 1 fully saturated rings. The van der Waals surface area contributed by atoms with Crippen LogP contribution in [0, 0.1) is 6.92 Å². The number of aryl methyl sites for hydroxylation is 1. The van der Waals surface area contributed by atoms with Gasteiger partial charge in [0.25, 0.3) is 0 Å². The summed E-state index contributed by atoms with van der Waals surface area (Å²) in [7, 11) is 4.08. The van der Waals surface area contributed by atoms with Crippen molar-refractivity contribution in [1.29, 1.82) is 0 Å². The van der Waals surface area contributed by atoms with Crippen LogP contribution in [0.3, 0.4) is 0 Å². The molecular formula is C21H23N5S. The molecule has 3 aromatic rings. The van der Waals surface area contributed by atoms with Gasteiger partial charge < -0.3 is 20.1 Å². The topological polar surface area (TPSA) is 47.2 Å². The first-order chi connectivity index (χ1) is 13.0. The van der Waals surface area contributed by atoms with Crippen molar-refractivity contribution in [1.82, 2.24) is 15.3 Å². The zero-order valence-corrected chi connectivity index (χ0v) is 16.5. The summed E-state index contributed by atoms with van der Waals surface area (Å²) in [6, 6.07) is 18.7. The van der Waals surface area contributed by atoms with Crippen LogP contribution in [0.2, 0.25) is 0 Å². The predicted octanol–water partition coefficient (Wildman–Crippen LogP) is 3.96. The van der Waals surface area contributed by atoms with Crippen molar-refractivity contribution in [2.75, 3.05) is 23.9 Å². The first-order valence-corrected chi connectivity index (χ1v) is 9.39. The zero-order chi connectivity index (χ0) is 19.0. The summed E-state index contributed by atoms with van der Waals surface area (Å²) in [6.45, 7) is 2.07. The van der Waals surface area contributed by atoms with E-state index in [0.717, 1.165) is 28.5 Å². The summed E-state index contributed by atoms with van der Waals surface area (Å²) in [5.74, 6) is 0. The minimum absolute atomic E-state index is 0.00584. The Morgan fingerprint density at radius 1 is 1.04 bits per heavy atom. The molecule has 1 aliphatic rings. The van der Waals surface area contributed by atoms with Crippen LogP contribution in [0.15, 0.2) is 60.8 Å². The number of nitrogens with one attached hydrogen (secondary N) is 2. The van der Waals surface area contributed by atoms with E-state index >= 15 is 0 Å². The number of hydrogen-bond donors (Lipinski definition) is 2. The van der Waals surface area contributed by atoms with Gasteiger partial charge in [0.1, 0.15) is 6.04 Å². The Balaban J connectivity index is 1.78. The highest BCUT2D eigenvalue weighted by Gasteiger charge is 2.41. The highest BCUT2D eigenvalue weighted by Crippen LogP contribution is 2.41. The minimum Gasteiger partial charge on any atom is -0.378 e. The number of benzene rings is 1. The van der Waals surface area contributed by atoms with Gasteiger partial charge in [0.05, 0.1) is 11.7 Å². The molecule has 2 aromatic heterocycles. The van der Waals surface area contributed by atoms with Gasteiger partial charge in [-0.15, -0.1) is 0 Å². The molecular weight excluding hydrogens is 354 g/mol. The lowest BCUT2D eigenvalue weighted by atomic mass is 10.0. The van der Waals surface area contributed by atoms with E-state index < -0.39 is 0 Å². The molecule has 0 amide bonds. The lowest BCUT2D eigenvalue weighted by Crippen LogP contribution is -2.29. The first-order valence-electron chi connectivity index (χ1n) is 8.98. The minimum atomic E-state index is -0.0229. The van der Waals surface area contributed by atoms with Crippen LogP contribution in [0.25, 0.3) is 0 Å². The molecule has 1 saturated heterocycles. The fourth-order valence-corrected chi connectivity index (χ4v) is 3.90. The number of aromatic amines is 1. The van der Waals surface area contributed by atoms with E-state index in [1.54, 1.807) is 0 Å². The lowest BCUT2D eigenvalue weighted by molar-refractivity contribution is 0.558. The van der Waals surface area contributed by atoms with Crippen LogP contribution < -0.4 is 15.1 Å². The number of rotatable bonds is 4. The Morgan fingerprint density at radius 3 is 2.41 bits per heavy atom. The molecule has 0 aliphatic carbocycles. The number of anilines is 2. The van der Waals surface area contributed by atoms with Crippen molar-refractivity contribution in [3.8, 4) is 0 Å². The van der Waals surface area contributed by atoms with E-state index in [-0.39, 0.29) is 12.1 Å². The lowest BCUT2D eigenvalue weighted by Gasteiger charge is -2.27. The SMILES string of the molecule is Cc1ccc([C@H]2[C@H](c3ccccn3)NC(=S)N2c2ccc(N(C)C)cc2)[nH]1. The molecule has 2 atom stereocenters. The standard InChI is InChI=1S/C21H23N5S/c1-14-7-12-18(23-14)20-19(17-6-4-5-13-22-17)24-21(27)26(20)16-10-8-15(9-11-16)25(2)3/h4-13,19-20,23H,1-3H3,(H,24,27)/t19-,20-/m0/s1. The average Bonchev–Trinajstić information content (AvgIpc) is 3.25. The molecule has 4 rings (SSSR count). The van der Waals surface area contributed by atoms with Gasteiger partial charge in [-0.2, -0.15) is 0 Å². The molecule has 0 unspecified atom stereocenters. The van der Waals surface area contributed by atoms with Crippen LogP contribution >= 0.6 is 12.2 Å². The molecule has 1 aliphatic heterocycles. The fraction of sp³-hybridized carbons (Fsp3) is 0.238. The molecule has 6 heteroatoms. The third-order valence-corrected chi connectivity index (χ3v) is 5.23. The van der Waals surface area contributed by atoms with Gasteiger partial charge in [0.2, 0.25) is 0 Å². The van der Waals surface area contributed by atoms with Gasteiger partial charge >= 0.3 is 0 Å². The summed E-state index contributed by atoms with van der Waals surface area (Å²) >= 11 is 5.73. The van der Waals surface area contributed by atoms with Gasteiger partial charge in [0, 0.05) is 43.1 Å². The third-order valence-electron chi connectivity index (χ3n) is 4.92. The molecule has 138 valence electrons. The van der Waals surface area contributed by atoms with Crippen molar-refractivity contribution in [2.24, 2.45) is 0 Å². The van der Waals surface area contributed by atoms with Crippen LogP contribution in [-0.4, -0.2) is 29.2 Å². The largest absolute Gasteiger partial charge is 0.378 e. The van der Waals surface area contributed by atoms with Crippen LogP contribution in [0.4, 0.5) is 11.4 Å². The maximum Gasteiger partial charge on any atom is 0.174 e. The van der Waals surface area contributed by atoms with E-state index in [4.69, 9.17) is 12.2 Å². The van der Waals surface area contributed by atoms with Gasteiger partial charge in [-0.3, -0.25) is 4.98 Å². The highest BCUT2D eigenvalue weighted by atomic mass is 32.1. The Bertz CT molecular complexity index is 933. The predicted molar refractivity (Wildman–Crippen MR) is 114 cm³/mol. The molecule has 0 bridgehead atoms. The molecule has 0 radical (unpaired) electrons. The Kier molecular flexibility index (Phi) is 4.58. The van der Waals surface area contributed by atoms with E-state index in [0.29, 0.717) is 5.11 Å². The normalized spacial score (nSPS) is 19.2. The summed E-state index contributed by atoms with van der Waals surface area (Å²) in [4.78, 5) is 12.3. The summed E-state index contributed by atoms with van der Waals surface area (Å²) in [6.07, 6.45) is 1.83. The second-order valence-electron chi connectivity index (χ2n) is 7.00. The summed E-state index contributed by atoms with van der Waals surface area (Å²) in [5.41, 5.74) is 5.45. The van der Waals surface area contributed by atoms with Crippen molar-refractivity contribution >= 4 is 28.7 Å². The fourth-order valence-electron chi connectivity index (χ4n) is 3.56. The van der Waals surface area contributed by atoms with E-state index in [1.807, 2.05) is 38.5 Å². The average molecular weight is 378 g/mol. The maximum absolute atomic E-state index is 5.73.